The van der Waals surface area contributed by atoms with E-state index in [0.29, 0.717) is 13.0 Å². The summed E-state index contributed by atoms with van der Waals surface area (Å²) in [6, 6.07) is 6.91. The molecule has 0 heterocycles. The van der Waals surface area contributed by atoms with Gasteiger partial charge >= 0.3 is 0 Å². The van der Waals surface area contributed by atoms with Crippen LogP contribution in [0, 0.1) is 22.6 Å². The first-order valence-electron chi connectivity index (χ1n) is 5.67. The van der Waals surface area contributed by atoms with Crippen molar-refractivity contribution in [2.75, 3.05) is 6.54 Å². The van der Waals surface area contributed by atoms with Crippen LogP contribution in [0.4, 0.5) is 4.39 Å². The van der Waals surface area contributed by atoms with Crippen LogP contribution in [-0.4, -0.2) is 6.54 Å². The molecule has 0 atom stereocenters. The molecular weight excluding hydrogens is 283 g/mol. The van der Waals surface area contributed by atoms with Crippen LogP contribution in [0.15, 0.2) is 22.7 Å². The molecule has 0 spiro atoms. The number of rotatable bonds is 5. The first-order chi connectivity index (χ1) is 8.15. The zero-order chi connectivity index (χ0) is 12.3. The molecule has 0 saturated heterocycles. The van der Waals surface area contributed by atoms with Crippen LogP contribution in [0.25, 0.3) is 0 Å². The molecule has 0 unspecified atom stereocenters. The van der Waals surface area contributed by atoms with Gasteiger partial charge in [-0.25, -0.2) is 4.39 Å². The highest BCUT2D eigenvalue weighted by Gasteiger charge is 2.41. The molecule has 0 bridgehead atoms. The normalized spacial score (nSPS) is 16.5. The molecule has 1 aliphatic rings. The minimum Gasteiger partial charge on any atom is -0.312 e. The first kappa shape index (κ1) is 12.5. The zero-order valence-corrected chi connectivity index (χ0v) is 11.1. The van der Waals surface area contributed by atoms with E-state index < -0.39 is 0 Å². The number of halogens is 2. The van der Waals surface area contributed by atoms with Crippen LogP contribution in [0.3, 0.4) is 0 Å². The van der Waals surface area contributed by atoms with Gasteiger partial charge in [0.15, 0.2) is 0 Å². The van der Waals surface area contributed by atoms with E-state index in [1.165, 1.54) is 12.1 Å². The highest BCUT2D eigenvalue weighted by Crippen LogP contribution is 2.47. The molecule has 0 radical (unpaired) electrons. The van der Waals surface area contributed by atoms with Crippen molar-refractivity contribution in [3.63, 3.8) is 0 Å². The summed E-state index contributed by atoms with van der Waals surface area (Å²) in [5.74, 6) is -0.219. The average molecular weight is 297 g/mol. The molecule has 1 aliphatic carbocycles. The van der Waals surface area contributed by atoms with Crippen molar-refractivity contribution in [3.8, 4) is 6.07 Å². The lowest BCUT2D eigenvalue weighted by Crippen LogP contribution is -2.23. The second-order valence-electron chi connectivity index (χ2n) is 4.67. The van der Waals surface area contributed by atoms with E-state index >= 15 is 0 Å². The minimum absolute atomic E-state index is 0.189. The maximum Gasteiger partial charge on any atom is 0.123 e. The van der Waals surface area contributed by atoms with Crippen molar-refractivity contribution < 1.29 is 4.39 Å². The van der Waals surface area contributed by atoms with Gasteiger partial charge in [0.1, 0.15) is 5.82 Å². The van der Waals surface area contributed by atoms with Gasteiger partial charge in [-0.15, -0.1) is 0 Å². The van der Waals surface area contributed by atoms with Crippen molar-refractivity contribution in [1.29, 1.82) is 5.26 Å². The van der Waals surface area contributed by atoms with E-state index in [-0.39, 0.29) is 11.2 Å². The smallest absolute Gasteiger partial charge is 0.123 e. The Balaban J connectivity index is 1.86. The molecule has 4 heteroatoms. The van der Waals surface area contributed by atoms with Crippen LogP contribution in [0.2, 0.25) is 0 Å². The summed E-state index contributed by atoms with van der Waals surface area (Å²) >= 11 is 3.40. The standard InChI is InChI=1S/C13H14BrFN2/c14-12-2-1-11(15)7-10(12)8-17-9-13(3-4-13)5-6-16/h1-2,7,17H,3-5,8-9H2. The van der Waals surface area contributed by atoms with Crippen LogP contribution < -0.4 is 5.32 Å². The molecule has 1 aromatic rings. The number of benzene rings is 1. The molecule has 1 aromatic carbocycles. The Hall–Kier alpha value is -0.920. The molecular formula is C13H14BrFN2. The predicted molar refractivity (Wildman–Crippen MR) is 67.7 cm³/mol. The molecule has 0 amide bonds. The first-order valence-corrected chi connectivity index (χ1v) is 6.46. The summed E-state index contributed by atoms with van der Waals surface area (Å²) in [7, 11) is 0. The van der Waals surface area contributed by atoms with E-state index in [9.17, 15) is 4.39 Å². The molecule has 0 aliphatic heterocycles. The number of hydrogen-bond donors (Lipinski definition) is 1. The Kier molecular flexibility index (Phi) is 3.80. The zero-order valence-electron chi connectivity index (χ0n) is 9.47. The maximum atomic E-state index is 13.0. The molecule has 0 aromatic heterocycles. The predicted octanol–water partition coefficient (Wildman–Crippen LogP) is 3.37. The third-order valence-electron chi connectivity index (χ3n) is 3.23. The second-order valence-corrected chi connectivity index (χ2v) is 5.53. The Labute approximate surface area is 109 Å². The monoisotopic (exact) mass is 296 g/mol. The summed E-state index contributed by atoms with van der Waals surface area (Å²) in [5.41, 5.74) is 1.10. The van der Waals surface area contributed by atoms with E-state index in [1.807, 2.05) is 0 Å². The Morgan fingerprint density at radius 2 is 2.24 bits per heavy atom. The number of nitrogens with one attached hydrogen (secondary N) is 1. The van der Waals surface area contributed by atoms with Gasteiger partial charge in [0.25, 0.3) is 0 Å². The Morgan fingerprint density at radius 1 is 1.47 bits per heavy atom. The van der Waals surface area contributed by atoms with Gasteiger partial charge in [-0.05, 0) is 42.0 Å². The Morgan fingerprint density at radius 3 is 2.88 bits per heavy atom. The van der Waals surface area contributed by atoms with E-state index in [0.717, 1.165) is 29.4 Å². The molecule has 1 fully saturated rings. The molecule has 17 heavy (non-hydrogen) atoms. The van der Waals surface area contributed by atoms with Crippen molar-refractivity contribution in [1.82, 2.24) is 5.32 Å². The topological polar surface area (TPSA) is 35.8 Å². The second kappa shape index (κ2) is 5.16. The fraction of sp³-hybridized carbons (Fsp3) is 0.462. The molecule has 1 saturated carbocycles. The van der Waals surface area contributed by atoms with Crippen molar-refractivity contribution in [2.45, 2.75) is 25.8 Å². The SMILES string of the molecule is N#CCC1(CNCc2cc(F)ccc2Br)CC1. The van der Waals surface area contributed by atoms with Gasteiger partial charge in [0, 0.05) is 24.0 Å². The highest BCUT2D eigenvalue weighted by atomic mass is 79.9. The third-order valence-corrected chi connectivity index (χ3v) is 4.01. The Bertz CT molecular complexity index is 449. The van der Waals surface area contributed by atoms with Crippen LogP contribution in [0.5, 0.6) is 0 Å². The van der Waals surface area contributed by atoms with Gasteiger partial charge in [0.2, 0.25) is 0 Å². The summed E-state index contributed by atoms with van der Waals surface area (Å²) in [5, 5.41) is 12.0. The van der Waals surface area contributed by atoms with Gasteiger partial charge in [-0.2, -0.15) is 5.26 Å². The quantitative estimate of drug-likeness (QED) is 0.904. The van der Waals surface area contributed by atoms with Crippen LogP contribution in [-0.2, 0) is 6.54 Å². The fourth-order valence-electron chi connectivity index (χ4n) is 1.90. The van der Waals surface area contributed by atoms with E-state index in [1.54, 1.807) is 6.07 Å². The minimum atomic E-state index is -0.219. The summed E-state index contributed by atoms with van der Waals surface area (Å²) in [6.07, 6.45) is 2.86. The molecule has 1 N–H and O–H groups in total. The molecule has 90 valence electrons. The van der Waals surface area contributed by atoms with E-state index in [2.05, 4.69) is 27.3 Å². The van der Waals surface area contributed by atoms with E-state index in [4.69, 9.17) is 5.26 Å². The average Bonchev–Trinajstić information content (AvgIpc) is 3.04. The van der Waals surface area contributed by atoms with Gasteiger partial charge in [-0.3, -0.25) is 0 Å². The van der Waals surface area contributed by atoms with Crippen molar-refractivity contribution in [3.05, 3.63) is 34.1 Å². The molecule has 2 nitrogen and oxygen atoms in total. The summed E-state index contributed by atoms with van der Waals surface area (Å²) in [4.78, 5) is 0. The molecule has 2 rings (SSSR count). The van der Waals surface area contributed by atoms with Crippen LogP contribution >= 0.6 is 15.9 Å². The summed E-state index contributed by atoms with van der Waals surface area (Å²) in [6.45, 7) is 1.47. The highest BCUT2D eigenvalue weighted by molar-refractivity contribution is 9.10. The van der Waals surface area contributed by atoms with Gasteiger partial charge < -0.3 is 5.32 Å². The van der Waals surface area contributed by atoms with Crippen LogP contribution in [0.1, 0.15) is 24.8 Å². The summed E-state index contributed by atoms with van der Waals surface area (Å²) < 4.78 is 14.0. The number of nitriles is 1. The van der Waals surface area contributed by atoms with Gasteiger partial charge in [0.05, 0.1) is 6.07 Å². The maximum absolute atomic E-state index is 13.0. The number of nitrogens with zero attached hydrogens (tertiary/aromatic N) is 1. The lowest BCUT2D eigenvalue weighted by molar-refractivity contribution is 0.466. The van der Waals surface area contributed by atoms with Crippen molar-refractivity contribution >= 4 is 15.9 Å². The van der Waals surface area contributed by atoms with Crippen molar-refractivity contribution in [2.24, 2.45) is 5.41 Å². The number of hydrogen-bond acceptors (Lipinski definition) is 2. The third kappa shape index (κ3) is 3.27. The largest absolute Gasteiger partial charge is 0.312 e. The lowest BCUT2D eigenvalue weighted by Gasteiger charge is -2.13. The van der Waals surface area contributed by atoms with Gasteiger partial charge in [-0.1, -0.05) is 15.9 Å². The lowest BCUT2D eigenvalue weighted by atomic mass is 10.0. The fourth-order valence-corrected chi connectivity index (χ4v) is 2.29.